The van der Waals surface area contributed by atoms with Crippen LogP contribution in [0.5, 0.6) is 0 Å². The maximum Gasteiger partial charge on any atom is 0.0261 e. The summed E-state index contributed by atoms with van der Waals surface area (Å²) >= 11 is 0. The third-order valence-corrected chi connectivity index (χ3v) is 3.55. The average molecular weight is 182 g/mol. The molecule has 0 radical (unpaired) electrons. The van der Waals surface area contributed by atoms with Crippen molar-refractivity contribution in [1.29, 1.82) is 0 Å². The molecule has 13 heavy (non-hydrogen) atoms. The van der Waals surface area contributed by atoms with Gasteiger partial charge in [0, 0.05) is 12.6 Å². The van der Waals surface area contributed by atoms with E-state index in [1.165, 1.54) is 39.0 Å². The minimum Gasteiger partial charge on any atom is -0.315 e. The number of fused-ring (bicyclic) bond motifs is 1. The topological polar surface area (TPSA) is 15.3 Å². The molecule has 2 heterocycles. The lowest BCUT2D eigenvalue weighted by Gasteiger charge is -2.23. The van der Waals surface area contributed by atoms with E-state index in [1.54, 1.807) is 0 Å². The lowest BCUT2D eigenvalue weighted by Crippen LogP contribution is -2.35. The Hall–Kier alpha value is -0.0800. The van der Waals surface area contributed by atoms with Gasteiger partial charge in [-0.25, -0.2) is 0 Å². The summed E-state index contributed by atoms with van der Waals surface area (Å²) in [6, 6.07) is 0.874. The van der Waals surface area contributed by atoms with E-state index in [2.05, 4.69) is 24.1 Å². The summed E-state index contributed by atoms with van der Waals surface area (Å²) < 4.78 is 0. The van der Waals surface area contributed by atoms with Crippen LogP contribution >= 0.6 is 0 Å². The number of likely N-dealkylation sites (tertiary alicyclic amines) is 1. The van der Waals surface area contributed by atoms with E-state index in [0.29, 0.717) is 0 Å². The maximum atomic E-state index is 3.50. The second kappa shape index (κ2) is 3.97. The molecule has 0 aliphatic carbocycles. The first-order valence-electron chi connectivity index (χ1n) is 5.72. The van der Waals surface area contributed by atoms with Gasteiger partial charge in [-0.15, -0.1) is 0 Å². The minimum absolute atomic E-state index is 0.855. The molecule has 2 heteroatoms. The zero-order chi connectivity index (χ0) is 9.26. The van der Waals surface area contributed by atoms with E-state index in [9.17, 15) is 0 Å². The van der Waals surface area contributed by atoms with Gasteiger partial charge in [0.2, 0.25) is 0 Å². The highest BCUT2D eigenvalue weighted by Crippen LogP contribution is 2.27. The monoisotopic (exact) mass is 182 g/mol. The fraction of sp³-hybridized carbons (Fsp3) is 1.00. The summed E-state index contributed by atoms with van der Waals surface area (Å²) in [6.07, 6.45) is 2.79. The molecule has 2 rings (SSSR count). The van der Waals surface area contributed by atoms with Crippen LogP contribution in [0.2, 0.25) is 0 Å². The fourth-order valence-corrected chi connectivity index (χ4v) is 2.64. The predicted molar refractivity (Wildman–Crippen MR) is 55.8 cm³/mol. The molecule has 0 unspecified atom stereocenters. The van der Waals surface area contributed by atoms with Gasteiger partial charge in [0.05, 0.1) is 0 Å². The molecule has 2 aliphatic rings. The molecule has 0 bridgehead atoms. The third kappa shape index (κ3) is 2.05. The molecule has 76 valence electrons. The van der Waals surface area contributed by atoms with Crippen molar-refractivity contribution in [3.8, 4) is 0 Å². The van der Waals surface area contributed by atoms with Gasteiger partial charge >= 0.3 is 0 Å². The van der Waals surface area contributed by atoms with Crippen molar-refractivity contribution in [3.63, 3.8) is 0 Å². The van der Waals surface area contributed by atoms with Crippen LogP contribution in [0, 0.1) is 11.8 Å². The molecular formula is C11H22N2. The molecule has 2 saturated heterocycles. The van der Waals surface area contributed by atoms with Crippen LogP contribution in [0.25, 0.3) is 0 Å². The standard InChI is InChI=1S/C11H22N2/c1-9(2)3-5-13-6-4-10-7-12-8-11(10)13/h9-12H,3-8H2,1-2H3/t10-,11+/m0/s1. The minimum atomic E-state index is 0.855. The van der Waals surface area contributed by atoms with E-state index in [-0.39, 0.29) is 0 Å². The number of hydrogen-bond acceptors (Lipinski definition) is 2. The fourth-order valence-electron chi connectivity index (χ4n) is 2.64. The van der Waals surface area contributed by atoms with Crippen molar-refractivity contribution in [2.45, 2.75) is 32.7 Å². The summed E-state index contributed by atoms with van der Waals surface area (Å²) in [6.45, 7) is 9.82. The predicted octanol–water partition coefficient (Wildman–Crippen LogP) is 1.33. The molecule has 2 aliphatic heterocycles. The maximum absolute atomic E-state index is 3.50. The summed E-state index contributed by atoms with van der Waals surface area (Å²) in [5.41, 5.74) is 0. The molecule has 2 fully saturated rings. The zero-order valence-electron chi connectivity index (χ0n) is 8.92. The summed E-state index contributed by atoms with van der Waals surface area (Å²) in [7, 11) is 0. The van der Waals surface area contributed by atoms with Gasteiger partial charge in [0.1, 0.15) is 0 Å². The second-order valence-electron chi connectivity index (χ2n) is 4.99. The van der Waals surface area contributed by atoms with E-state index >= 15 is 0 Å². The molecule has 0 spiro atoms. The average Bonchev–Trinajstić information content (AvgIpc) is 2.60. The number of nitrogens with one attached hydrogen (secondary N) is 1. The molecule has 1 N–H and O–H groups in total. The van der Waals surface area contributed by atoms with Crippen LogP contribution < -0.4 is 5.32 Å². The van der Waals surface area contributed by atoms with Gasteiger partial charge in [0.25, 0.3) is 0 Å². The largest absolute Gasteiger partial charge is 0.315 e. The van der Waals surface area contributed by atoms with Crippen LogP contribution in [0.15, 0.2) is 0 Å². The Labute approximate surface area is 81.7 Å². The lowest BCUT2D eigenvalue weighted by molar-refractivity contribution is 0.238. The van der Waals surface area contributed by atoms with Gasteiger partial charge in [0.15, 0.2) is 0 Å². The molecular weight excluding hydrogens is 160 g/mol. The van der Waals surface area contributed by atoms with Crippen molar-refractivity contribution in [2.24, 2.45) is 11.8 Å². The molecule has 0 aromatic rings. The highest BCUT2D eigenvalue weighted by molar-refractivity contribution is 4.94. The second-order valence-corrected chi connectivity index (χ2v) is 4.99. The molecule has 0 aromatic heterocycles. The Morgan fingerprint density at radius 1 is 1.38 bits per heavy atom. The van der Waals surface area contributed by atoms with Crippen LogP contribution in [0.4, 0.5) is 0 Å². The van der Waals surface area contributed by atoms with E-state index < -0.39 is 0 Å². The Kier molecular flexibility index (Phi) is 2.89. The van der Waals surface area contributed by atoms with Crippen LogP contribution in [-0.4, -0.2) is 37.1 Å². The SMILES string of the molecule is CC(C)CCN1CC[C@H]2CNC[C@H]21. The molecule has 0 saturated carbocycles. The Morgan fingerprint density at radius 3 is 3.00 bits per heavy atom. The van der Waals surface area contributed by atoms with Gasteiger partial charge in [-0.1, -0.05) is 13.8 Å². The van der Waals surface area contributed by atoms with Crippen molar-refractivity contribution in [3.05, 3.63) is 0 Å². The third-order valence-electron chi connectivity index (χ3n) is 3.55. The van der Waals surface area contributed by atoms with Gasteiger partial charge in [-0.3, -0.25) is 4.90 Å². The van der Waals surface area contributed by atoms with E-state index in [1.807, 2.05) is 0 Å². The molecule has 2 atom stereocenters. The van der Waals surface area contributed by atoms with Crippen LogP contribution in [0.3, 0.4) is 0 Å². The van der Waals surface area contributed by atoms with Crippen molar-refractivity contribution in [2.75, 3.05) is 26.2 Å². The number of nitrogens with zero attached hydrogens (tertiary/aromatic N) is 1. The first-order chi connectivity index (χ1) is 6.27. The summed E-state index contributed by atoms with van der Waals surface area (Å²) in [5, 5.41) is 3.50. The smallest absolute Gasteiger partial charge is 0.0261 e. The van der Waals surface area contributed by atoms with Crippen molar-refractivity contribution in [1.82, 2.24) is 10.2 Å². The Balaban J connectivity index is 1.80. The van der Waals surface area contributed by atoms with Crippen LogP contribution in [-0.2, 0) is 0 Å². The molecule has 0 amide bonds. The first-order valence-corrected chi connectivity index (χ1v) is 5.72. The highest BCUT2D eigenvalue weighted by Gasteiger charge is 2.36. The van der Waals surface area contributed by atoms with Gasteiger partial charge < -0.3 is 5.32 Å². The normalized spacial score (nSPS) is 34.4. The molecule has 2 nitrogen and oxygen atoms in total. The number of rotatable bonds is 3. The first kappa shape index (κ1) is 9.47. The Morgan fingerprint density at radius 2 is 2.23 bits per heavy atom. The quantitative estimate of drug-likeness (QED) is 0.708. The zero-order valence-corrected chi connectivity index (χ0v) is 8.92. The Bertz CT molecular complexity index is 167. The van der Waals surface area contributed by atoms with Gasteiger partial charge in [-0.2, -0.15) is 0 Å². The summed E-state index contributed by atoms with van der Waals surface area (Å²) in [4.78, 5) is 2.70. The van der Waals surface area contributed by atoms with Crippen LogP contribution in [0.1, 0.15) is 26.7 Å². The van der Waals surface area contributed by atoms with Crippen molar-refractivity contribution < 1.29 is 0 Å². The highest BCUT2D eigenvalue weighted by atomic mass is 15.2. The van der Waals surface area contributed by atoms with E-state index in [4.69, 9.17) is 0 Å². The van der Waals surface area contributed by atoms with Gasteiger partial charge in [-0.05, 0) is 44.3 Å². The van der Waals surface area contributed by atoms with E-state index in [0.717, 1.165) is 17.9 Å². The summed E-state index contributed by atoms with van der Waals surface area (Å²) in [5.74, 6) is 1.82. The van der Waals surface area contributed by atoms with Crippen molar-refractivity contribution >= 4 is 0 Å². The number of hydrogen-bond donors (Lipinski definition) is 1. The molecule has 0 aromatic carbocycles. The lowest BCUT2D eigenvalue weighted by atomic mass is 10.0.